The molecule has 0 bridgehead atoms. The second kappa shape index (κ2) is 5.82. The molecular weight excluding hydrogens is 218 g/mol. The highest BCUT2D eigenvalue weighted by atomic mass is 16.4. The van der Waals surface area contributed by atoms with Crippen molar-refractivity contribution in [2.24, 2.45) is 5.92 Å². The van der Waals surface area contributed by atoms with Crippen molar-refractivity contribution < 1.29 is 9.90 Å². The van der Waals surface area contributed by atoms with Crippen molar-refractivity contribution in [3.63, 3.8) is 0 Å². The molecule has 0 amide bonds. The van der Waals surface area contributed by atoms with Crippen LogP contribution in [0, 0.1) is 5.92 Å². The maximum atomic E-state index is 11.3. The lowest BCUT2D eigenvalue weighted by Gasteiger charge is -2.28. The molecule has 1 unspecified atom stereocenters. The number of rotatable bonds is 7. The molecule has 96 valence electrons. The molecule has 5 nitrogen and oxygen atoms in total. The van der Waals surface area contributed by atoms with Gasteiger partial charge < -0.3 is 15.0 Å². The van der Waals surface area contributed by atoms with E-state index in [9.17, 15) is 9.90 Å². The molecule has 1 aromatic heterocycles. The van der Waals surface area contributed by atoms with Crippen LogP contribution in [0.1, 0.15) is 27.2 Å². The van der Waals surface area contributed by atoms with Crippen molar-refractivity contribution in [1.29, 1.82) is 0 Å². The summed E-state index contributed by atoms with van der Waals surface area (Å²) >= 11 is 0. The predicted octanol–water partition coefficient (Wildman–Crippen LogP) is 1.36. The van der Waals surface area contributed by atoms with E-state index in [2.05, 4.69) is 10.3 Å². The van der Waals surface area contributed by atoms with Crippen LogP contribution in [0.4, 0.5) is 0 Å². The number of nitrogens with zero attached hydrogens (tertiary/aromatic N) is 2. The maximum Gasteiger partial charge on any atom is 0.323 e. The van der Waals surface area contributed by atoms with E-state index in [4.69, 9.17) is 0 Å². The molecule has 0 radical (unpaired) electrons. The summed E-state index contributed by atoms with van der Waals surface area (Å²) in [7, 11) is 0. The lowest BCUT2D eigenvalue weighted by molar-refractivity contribution is -0.144. The summed E-state index contributed by atoms with van der Waals surface area (Å²) < 4.78 is 1.92. The zero-order chi connectivity index (χ0) is 12.9. The van der Waals surface area contributed by atoms with Crippen molar-refractivity contribution in [1.82, 2.24) is 14.9 Å². The van der Waals surface area contributed by atoms with Gasteiger partial charge in [0, 0.05) is 25.5 Å². The molecule has 0 aromatic carbocycles. The predicted molar refractivity (Wildman–Crippen MR) is 65.7 cm³/mol. The zero-order valence-electron chi connectivity index (χ0n) is 10.7. The molecule has 5 heteroatoms. The van der Waals surface area contributed by atoms with Gasteiger partial charge in [-0.2, -0.15) is 0 Å². The second-order valence-corrected chi connectivity index (χ2v) is 4.96. The first-order chi connectivity index (χ1) is 7.94. The van der Waals surface area contributed by atoms with E-state index in [0.717, 1.165) is 6.54 Å². The van der Waals surface area contributed by atoms with Crippen LogP contribution in [0.3, 0.4) is 0 Å². The molecule has 1 atom stereocenters. The Kier molecular flexibility index (Phi) is 4.69. The zero-order valence-corrected chi connectivity index (χ0v) is 10.7. The molecule has 0 aliphatic heterocycles. The van der Waals surface area contributed by atoms with E-state index in [0.29, 0.717) is 18.9 Å². The Morgan fingerprint density at radius 2 is 2.29 bits per heavy atom. The number of carboxylic acids is 1. The summed E-state index contributed by atoms with van der Waals surface area (Å²) in [6.45, 7) is 7.13. The first-order valence-corrected chi connectivity index (χ1v) is 5.88. The minimum absolute atomic E-state index is 0.344. The third-order valence-corrected chi connectivity index (χ3v) is 2.73. The summed E-state index contributed by atoms with van der Waals surface area (Å²) in [5.74, 6) is -0.450. The summed E-state index contributed by atoms with van der Waals surface area (Å²) in [6, 6.07) is 0. The number of carbonyl (C=O) groups is 1. The van der Waals surface area contributed by atoms with Crippen molar-refractivity contribution in [2.45, 2.75) is 39.3 Å². The Morgan fingerprint density at radius 3 is 2.76 bits per heavy atom. The highest BCUT2D eigenvalue weighted by Crippen LogP contribution is 2.16. The van der Waals surface area contributed by atoms with Crippen LogP contribution < -0.4 is 5.32 Å². The topological polar surface area (TPSA) is 67.2 Å². The summed E-state index contributed by atoms with van der Waals surface area (Å²) in [4.78, 5) is 15.2. The van der Waals surface area contributed by atoms with Gasteiger partial charge in [-0.25, -0.2) is 4.98 Å². The van der Waals surface area contributed by atoms with Crippen molar-refractivity contribution in [3.05, 3.63) is 18.7 Å². The maximum absolute atomic E-state index is 11.3. The normalized spacial score (nSPS) is 14.8. The van der Waals surface area contributed by atoms with Gasteiger partial charge in [-0.3, -0.25) is 4.79 Å². The van der Waals surface area contributed by atoms with Gasteiger partial charge in [0.25, 0.3) is 0 Å². The van der Waals surface area contributed by atoms with Crippen LogP contribution in [0.15, 0.2) is 18.7 Å². The Morgan fingerprint density at radius 1 is 1.59 bits per heavy atom. The lowest BCUT2D eigenvalue weighted by Crippen LogP contribution is -2.51. The van der Waals surface area contributed by atoms with Crippen molar-refractivity contribution in [2.75, 3.05) is 6.54 Å². The molecule has 2 N–H and O–H groups in total. The van der Waals surface area contributed by atoms with Gasteiger partial charge >= 0.3 is 5.97 Å². The fraction of sp³-hybridized carbons (Fsp3) is 0.667. The second-order valence-electron chi connectivity index (χ2n) is 4.96. The van der Waals surface area contributed by atoms with Gasteiger partial charge in [-0.15, -0.1) is 0 Å². The third-order valence-electron chi connectivity index (χ3n) is 2.73. The quantitative estimate of drug-likeness (QED) is 0.754. The molecule has 1 aromatic rings. The van der Waals surface area contributed by atoms with Crippen LogP contribution in [-0.2, 0) is 11.3 Å². The van der Waals surface area contributed by atoms with E-state index in [1.54, 1.807) is 19.4 Å². The van der Waals surface area contributed by atoms with E-state index >= 15 is 0 Å². The Labute approximate surface area is 102 Å². The molecule has 0 aliphatic rings. The number of carboxylic acid groups (broad SMARTS) is 1. The van der Waals surface area contributed by atoms with Gasteiger partial charge in [-0.1, -0.05) is 13.8 Å². The Balaban J connectivity index is 2.47. The van der Waals surface area contributed by atoms with Gasteiger partial charge in [0.2, 0.25) is 0 Å². The van der Waals surface area contributed by atoms with Gasteiger partial charge in [0.05, 0.1) is 6.33 Å². The third kappa shape index (κ3) is 4.19. The molecule has 0 aliphatic carbocycles. The van der Waals surface area contributed by atoms with Crippen LogP contribution in [0.5, 0.6) is 0 Å². The molecule has 0 saturated carbocycles. The van der Waals surface area contributed by atoms with Crippen LogP contribution in [0.25, 0.3) is 0 Å². The van der Waals surface area contributed by atoms with Gasteiger partial charge in [0.15, 0.2) is 0 Å². The lowest BCUT2D eigenvalue weighted by atomic mass is 9.91. The smallest absolute Gasteiger partial charge is 0.323 e. The first kappa shape index (κ1) is 13.7. The number of hydrogen-bond acceptors (Lipinski definition) is 3. The number of imidazole rings is 1. The highest BCUT2D eigenvalue weighted by molar-refractivity contribution is 5.78. The summed E-state index contributed by atoms with van der Waals surface area (Å²) in [5.41, 5.74) is -0.852. The van der Waals surface area contributed by atoms with E-state index < -0.39 is 11.5 Å². The average molecular weight is 239 g/mol. The summed E-state index contributed by atoms with van der Waals surface area (Å²) in [5, 5.41) is 12.4. The van der Waals surface area contributed by atoms with Gasteiger partial charge in [-0.05, 0) is 19.3 Å². The minimum Gasteiger partial charge on any atom is -0.480 e. The van der Waals surface area contributed by atoms with Crippen molar-refractivity contribution >= 4 is 5.97 Å². The molecule has 0 spiro atoms. The van der Waals surface area contributed by atoms with E-state index in [1.165, 1.54) is 0 Å². The number of hydrogen-bond donors (Lipinski definition) is 2. The fourth-order valence-electron chi connectivity index (χ4n) is 1.93. The minimum atomic E-state index is -0.852. The SMILES string of the molecule is CC(C)CC(C)(NCCn1ccnc1)C(=O)O. The monoisotopic (exact) mass is 239 g/mol. The number of aromatic nitrogens is 2. The number of aliphatic carboxylic acids is 1. The molecule has 1 heterocycles. The molecular formula is C12H21N3O2. The molecule has 0 fully saturated rings. The largest absolute Gasteiger partial charge is 0.480 e. The van der Waals surface area contributed by atoms with E-state index in [1.807, 2.05) is 24.6 Å². The fourth-order valence-corrected chi connectivity index (χ4v) is 1.93. The van der Waals surface area contributed by atoms with Crippen LogP contribution in [-0.4, -0.2) is 32.7 Å². The Hall–Kier alpha value is -1.36. The summed E-state index contributed by atoms with van der Waals surface area (Å²) in [6.07, 6.45) is 5.92. The standard InChI is InChI=1S/C12H21N3O2/c1-10(2)8-12(3,11(16)17)14-5-7-15-6-4-13-9-15/h4,6,9-10,14H,5,7-8H2,1-3H3,(H,16,17). The Bertz CT molecular complexity index is 349. The molecule has 17 heavy (non-hydrogen) atoms. The van der Waals surface area contributed by atoms with E-state index in [-0.39, 0.29) is 0 Å². The van der Waals surface area contributed by atoms with Crippen LogP contribution in [0.2, 0.25) is 0 Å². The van der Waals surface area contributed by atoms with Crippen molar-refractivity contribution in [3.8, 4) is 0 Å². The van der Waals surface area contributed by atoms with Crippen LogP contribution >= 0.6 is 0 Å². The average Bonchev–Trinajstić information content (AvgIpc) is 2.69. The molecule has 1 rings (SSSR count). The first-order valence-electron chi connectivity index (χ1n) is 5.88. The van der Waals surface area contributed by atoms with Gasteiger partial charge in [0.1, 0.15) is 5.54 Å². The number of nitrogens with one attached hydrogen (secondary N) is 1. The highest BCUT2D eigenvalue weighted by Gasteiger charge is 2.32. The molecule has 0 saturated heterocycles.